The van der Waals surface area contributed by atoms with E-state index in [9.17, 15) is 10.1 Å². The lowest BCUT2D eigenvalue weighted by Crippen LogP contribution is -2.46. The van der Waals surface area contributed by atoms with Gasteiger partial charge in [-0.1, -0.05) is 13.8 Å². The highest BCUT2D eigenvalue weighted by molar-refractivity contribution is 5.85. The van der Waals surface area contributed by atoms with E-state index in [1.807, 2.05) is 25.3 Å². The summed E-state index contributed by atoms with van der Waals surface area (Å²) in [6.07, 6.45) is 9.50. The zero-order valence-corrected chi connectivity index (χ0v) is 23.4. The third kappa shape index (κ3) is 6.33. The number of carbonyl (C=O) groups excluding carboxylic acids is 1. The van der Waals surface area contributed by atoms with Gasteiger partial charge < -0.3 is 14.5 Å². The lowest BCUT2D eigenvalue weighted by Gasteiger charge is -2.43. The summed E-state index contributed by atoms with van der Waals surface area (Å²) in [4.78, 5) is 22.2. The van der Waals surface area contributed by atoms with Crippen molar-refractivity contribution in [3.05, 3.63) is 42.4 Å². The Morgan fingerprint density at radius 1 is 1.24 bits per heavy atom. The van der Waals surface area contributed by atoms with Gasteiger partial charge in [-0.05, 0) is 69.8 Å². The highest BCUT2D eigenvalue weighted by Gasteiger charge is 2.37. The van der Waals surface area contributed by atoms with Gasteiger partial charge in [0.25, 0.3) is 0 Å². The molecule has 4 heterocycles. The highest BCUT2D eigenvalue weighted by Crippen LogP contribution is 2.38. The molecule has 8 heteroatoms. The van der Waals surface area contributed by atoms with Crippen molar-refractivity contribution in [3.8, 4) is 22.9 Å². The van der Waals surface area contributed by atoms with Gasteiger partial charge in [-0.15, -0.1) is 0 Å². The van der Waals surface area contributed by atoms with E-state index in [0.717, 1.165) is 61.4 Å². The molecule has 0 aliphatic carbocycles. The van der Waals surface area contributed by atoms with Crippen LogP contribution >= 0.6 is 0 Å². The maximum atomic E-state index is 12.8. The normalized spacial score (nSPS) is 15.3. The van der Waals surface area contributed by atoms with Crippen LogP contribution in [0.15, 0.2) is 36.8 Å². The molecule has 202 valence electrons. The minimum atomic E-state index is 0.0228. The molecule has 1 aliphatic heterocycles. The Hall–Kier alpha value is -3.44. The molecule has 0 bridgehead atoms. The Balaban J connectivity index is 1.51. The van der Waals surface area contributed by atoms with Crippen LogP contribution in [-0.4, -0.2) is 65.6 Å². The molecule has 0 spiro atoms. The van der Waals surface area contributed by atoms with E-state index < -0.39 is 0 Å². The molecule has 0 unspecified atom stereocenters. The molecule has 3 aromatic rings. The first-order valence-electron chi connectivity index (χ1n) is 13.7. The fourth-order valence-electron chi connectivity index (χ4n) is 5.61. The molecule has 38 heavy (non-hydrogen) atoms. The van der Waals surface area contributed by atoms with Crippen molar-refractivity contribution in [2.75, 3.05) is 45.2 Å². The van der Waals surface area contributed by atoms with Crippen molar-refractivity contribution in [2.24, 2.45) is 11.3 Å². The van der Waals surface area contributed by atoms with Gasteiger partial charge in [0.1, 0.15) is 23.4 Å². The lowest BCUT2D eigenvalue weighted by atomic mass is 9.73. The SMILES string of the molecule is CCOc1cc(-c2ccc(N3CCC(CC(=O)CCC(C)C)(CN(C)C)CC3)nc2)c2c(C#N)cnn2c1. The molecule has 1 aliphatic rings. The molecule has 3 aromatic heterocycles. The summed E-state index contributed by atoms with van der Waals surface area (Å²) in [5, 5.41) is 13.9. The number of rotatable bonds is 11. The number of piperidine rings is 1. The van der Waals surface area contributed by atoms with Crippen LogP contribution in [0.3, 0.4) is 0 Å². The van der Waals surface area contributed by atoms with Gasteiger partial charge in [0.15, 0.2) is 0 Å². The predicted octanol–water partition coefficient (Wildman–Crippen LogP) is 5.21. The third-order valence-electron chi connectivity index (χ3n) is 7.45. The minimum Gasteiger partial charge on any atom is -0.492 e. The van der Waals surface area contributed by atoms with E-state index in [2.05, 4.69) is 55.0 Å². The van der Waals surface area contributed by atoms with E-state index in [4.69, 9.17) is 9.72 Å². The monoisotopic (exact) mass is 516 g/mol. The summed E-state index contributed by atoms with van der Waals surface area (Å²) >= 11 is 0. The number of hydrogen-bond acceptors (Lipinski definition) is 7. The number of fused-ring (bicyclic) bond motifs is 1. The van der Waals surface area contributed by atoms with Crippen molar-refractivity contribution >= 4 is 17.1 Å². The van der Waals surface area contributed by atoms with Crippen LogP contribution in [0.2, 0.25) is 0 Å². The molecule has 0 amide bonds. The number of ether oxygens (including phenoxy) is 1. The van der Waals surface area contributed by atoms with Crippen molar-refractivity contribution < 1.29 is 9.53 Å². The first-order chi connectivity index (χ1) is 18.2. The van der Waals surface area contributed by atoms with Crippen LogP contribution in [0, 0.1) is 22.7 Å². The van der Waals surface area contributed by atoms with Gasteiger partial charge >= 0.3 is 0 Å². The minimum absolute atomic E-state index is 0.0228. The van der Waals surface area contributed by atoms with Gasteiger partial charge in [-0.3, -0.25) is 4.79 Å². The second-order valence-electron chi connectivity index (χ2n) is 11.3. The van der Waals surface area contributed by atoms with Gasteiger partial charge in [0.2, 0.25) is 0 Å². The van der Waals surface area contributed by atoms with Crippen LogP contribution in [0.5, 0.6) is 5.75 Å². The molecule has 0 aromatic carbocycles. The fourth-order valence-corrected chi connectivity index (χ4v) is 5.61. The number of pyridine rings is 2. The molecule has 0 atom stereocenters. The highest BCUT2D eigenvalue weighted by atomic mass is 16.5. The van der Waals surface area contributed by atoms with Crippen molar-refractivity contribution in [1.29, 1.82) is 5.26 Å². The maximum Gasteiger partial charge on any atom is 0.138 e. The summed E-state index contributed by atoms with van der Waals surface area (Å²) in [5.41, 5.74) is 3.07. The lowest BCUT2D eigenvalue weighted by molar-refractivity contribution is -0.122. The number of nitrogens with zero attached hydrogens (tertiary/aromatic N) is 6. The molecule has 0 saturated carbocycles. The first-order valence-corrected chi connectivity index (χ1v) is 13.7. The van der Waals surface area contributed by atoms with Gasteiger partial charge in [0.05, 0.1) is 30.1 Å². The second-order valence-corrected chi connectivity index (χ2v) is 11.3. The summed E-state index contributed by atoms with van der Waals surface area (Å²) in [6, 6.07) is 8.30. The molecular formula is C30H40N6O2. The molecule has 1 saturated heterocycles. The Kier molecular flexibility index (Phi) is 8.68. The largest absolute Gasteiger partial charge is 0.492 e. The molecule has 1 fully saturated rings. The van der Waals surface area contributed by atoms with Crippen LogP contribution in [0.4, 0.5) is 5.82 Å². The predicted molar refractivity (Wildman–Crippen MR) is 150 cm³/mol. The molecular weight excluding hydrogens is 476 g/mol. The topological polar surface area (TPSA) is 86.8 Å². The van der Waals surface area contributed by atoms with E-state index in [0.29, 0.717) is 42.5 Å². The Bertz CT molecular complexity index is 1280. The van der Waals surface area contributed by atoms with Crippen molar-refractivity contribution in [3.63, 3.8) is 0 Å². The number of carbonyl (C=O) groups is 1. The zero-order chi connectivity index (χ0) is 27.3. The summed E-state index contributed by atoms with van der Waals surface area (Å²) in [6.45, 7) is 9.52. The van der Waals surface area contributed by atoms with E-state index in [1.165, 1.54) is 0 Å². The quantitative estimate of drug-likeness (QED) is 0.346. The molecule has 4 rings (SSSR count). The summed E-state index contributed by atoms with van der Waals surface area (Å²) < 4.78 is 7.44. The van der Waals surface area contributed by atoms with Crippen LogP contribution in [-0.2, 0) is 4.79 Å². The van der Waals surface area contributed by atoms with E-state index in [1.54, 1.807) is 16.9 Å². The van der Waals surface area contributed by atoms with Crippen molar-refractivity contribution in [1.82, 2.24) is 19.5 Å². The number of nitriles is 1. The number of hydrogen-bond donors (Lipinski definition) is 0. The van der Waals surface area contributed by atoms with Crippen molar-refractivity contribution in [2.45, 2.75) is 52.9 Å². The Morgan fingerprint density at radius 3 is 2.61 bits per heavy atom. The van der Waals surface area contributed by atoms with Crippen LogP contribution in [0.1, 0.15) is 58.4 Å². The van der Waals surface area contributed by atoms with E-state index in [-0.39, 0.29) is 5.41 Å². The number of ketones is 1. The number of aromatic nitrogens is 3. The average molecular weight is 517 g/mol. The molecule has 0 radical (unpaired) electrons. The second kappa shape index (κ2) is 12.0. The Labute approximate surface area is 226 Å². The van der Waals surface area contributed by atoms with Crippen LogP contribution < -0.4 is 9.64 Å². The zero-order valence-electron chi connectivity index (χ0n) is 23.4. The molecule has 0 N–H and O–H groups in total. The molecule has 8 nitrogen and oxygen atoms in total. The number of Topliss-reactive ketones (excluding diaryl/α,β-unsaturated/α-hetero) is 1. The number of anilines is 1. The maximum absolute atomic E-state index is 12.8. The smallest absolute Gasteiger partial charge is 0.138 e. The Morgan fingerprint density at radius 2 is 2.00 bits per heavy atom. The fraction of sp³-hybridized carbons (Fsp3) is 0.533. The third-order valence-corrected chi connectivity index (χ3v) is 7.45. The average Bonchev–Trinajstić information content (AvgIpc) is 3.30. The van der Waals surface area contributed by atoms with Gasteiger partial charge in [-0.2, -0.15) is 10.4 Å². The van der Waals surface area contributed by atoms with Gasteiger partial charge in [-0.25, -0.2) is 9.50 Å². The van der Waals surface area contributed by atoms with Crippen LogP contribution in [0.25, 0.3) is 16.6 Å². The van der Waals surface area contributed by atoms with Gasteiger partial charge in [0, 0.05) is 49.8 Å². The standard InChI is InChI=1S/C30H40N6O2/c1-6-38-26-15-27(29-24(17-31)19-33-36(29)20-26)23-8-10-28(32-18-23)35-13-11-30(12-14-35,21-34(4)5)16-25(37)9-7-22(2)3/h8,10,15,18-20,22H,6-7,9,11-14,16,21H2,1-5H3. The summed E-state index contributed by atoms with van der Waals surface area (Å²) in [5.74, 6) is 2.58. The van der Waals surface area contributed by atoms with E-state index >= 15 is 0 Å². The summed E-state index contributed by atoms with van der Waals surface area (Å²) in [7, 11) is 4.20. The first kappa shape index (κ1) is 27.6.